The van der Waals surface area contributed by atoms with Gasteiger partial charge in [-0.15, -0.1) is 0 Å². The number of hydrogen-bond acceptors (Lipinski definition) is 3. The van der Waals surface area contributed by atoms with Gasteiger partial charge in [0, 0.05) is 22.4 Å². The molecular formula is C25H33Cl2NO3S. The van der Waals surface area contributed by atoms with Gasteiger partial charge in [-0.3, -0.25) is 8.98 Å². The highest BCUT2D eigenvalue weighted by molar-refractivity contribution is 7.80. The minimum Gasteiger partial charge on any atom is -0.308 e. The van der Waals surface area contributed by atoms with Crippen molar-refractivity contribution in [3.8, 4) is 0 Å². The first-order valence-electron chi connectivity index (χ1n) is 11.0. The Morgan fingerprint density at radius 2 is 1.59 bits per heavy atom. The molecule has 2 aromatic rings. The molecule has 176 valence electrons. The average molecular weight is 499 g/mol. The van der Waals surface area contributed by atoms with Gasteiger partial charge in [0.2, 0.25) is 5.91 Å². The molecule has 2 rings (SSSR count). The summed E-state index contributed by atoms with van der Waals surface area (Å²) in [6.45, 7) is 11.5. The highest BCUT2D eigenvalue weighted by Gasteiger charge is 2.38. The molecule has 4 nitrogen and oxygen atoms in total. The molecule has 0 saturated carbocycles. The number of rotatable bonds is 10. The number of amides is 1. The van der Waals surface area contributed by atoms with E-state index in [1.54, 1.807) is 4.90 Å². The zero-order valence-electron chi connectivity index (χ0n) is 19.5. The molecule has 32 heavy (non-hydrogen) atoms. The molecule has 0 bridgehead atoms. The van der Waals surface area contributed by atoms with Crippen LogP contribution in [0.5, 0.6) is 0 Å². The fraction of sp³-hybridized carbons (Fsp3) is 0.480. The van der Waals surface area contributed by atoms with Gasteiger partial charge >= 0.3 is 0 Å². The molecule has 1 amide bonds. The first-order chi connectivity index (χ1) is 15.1. The van der Waals surface area contributed by atoms with Crippen molar-refractivity contribution in [3.63, 3.8) is 0 Å². The lowest BCUT2D eigenvalue weighted by atomic mass is 9.86. The van der Waals surface area contributed by atoms with Crippen molar-refractivity contribution in [2.24, 2.45) is 5.92 Å². The molecule has 0 aromatic heterocycles. The molecule has 0 saturated heterocycles. The van der Waals surface area contributed by atoms with Crippen molar-refractivity contribution in [1.29, 1.82) is 0 Å². The van der Waals surface area contributed by atoms with E-state index in [4.69, 9.17) is 27.4 Å². The van der Waals surface area contributed by atoms with Gasteiger partial charge < -0.3 is 4.90 Å². The van der Waals surface area contributed by atoms with E-state index >= 15 is 0 Å². The lowest BCUT2D eigenvalue weighted by molar-refractivity contribution is -0.147. The van der Waals surface area contributed by atoms with E-state index in [-0.39, 0.29) is 29.0 Å². The molecule has 0 heterocycles. The summed E-state index contributed by atoms with van der Waals surface area (Å²) in [5, 5.41) is 1.07. The number of carbonyl (C=O) groups is 1. The zero-order chi connectivity index (χ0) is 24.0. The van der Waals surface area contributed by atoms with Crippen LogP contribution in [0.2, 0.25) is 10.0 Å². The smallest absolute Gasteiger partial charge is 0.224 e. The fourth-order valence-corrected chi connectivity index (χ4v) is 4.70. The number of carbonyl (C=O) groups excluding carboxylic acids is 1. The van der Waals surface area contributed by atoms with E-state index in [1.165, 1.54) is 0 Å². The predicted octanol–water partition coefficient (Wildman–Crippen LogP) is 7.15. The minimum atomic E-state index is -1.54. The van der Waals surface area contributed by atoms with Crippen LogP contribution in [-0.4, -0.2) is 26.5 Å². The van der Waals surface area contributed by atoms with E-state index in [2.05, 4.69) is 6.92 Å². The van der Waals surface area contributed by atoms with Crippen molar-refractivity contribution in [2.45, 2.75) is 71.4 Å². The maximum absolute atomic E-state index is 13.4. The highest BCUT2D eigenvalue weighted by atomic mass is 35.5. The third-order valence-electron chi connectivity index (χ3n) is 5.37. The monoisotopic (exact) mass is 497 g/mol. The van der Waals surface area contributed by atoms with Crippen LogP contribution in [0.1, 0.15) is 71.0 Å². The second-order valence-electron chi connectivity index (χ2n) is 8.53. The standard InChI is InChI=1S/C25H33Cl2NO3S/c1-7-23(29)28(25(16(2)3)31-32(30)17(4)5)24(19-11-13-21(26)14-12-19)18(6)20-9-8-10-22(27)15-20/h8-18,24-25H,7H2,1-6H3/t18?,24?,25-,32?/m1/s1. The molecule has 0 N–H and O–H groups in total. The highest BCUT2D eigenvalue weighted by Crippen LogP contribution is 2.40. The Hall–Kier alpha value is -1.40. The summed E-state index contributed by atoms with van der Waals surface area (Å²) in [5.41, 5.74) is 1.92. The summed E-state index contributed by atoms with van der Waals surface area (Å²) in [6.07, 6.45) is -0.360. The predicted molar refractivity (Wildman–Crippen MR) is 134 cm³/mol. The Bertz CT molecular complexity index is 918. The molecule has 0 aliphatic carbocycles. The van der Waals surface area contributed by atoms with Crippen LogP contribution in [-0.2, 0) is 20.1 Å². The Labute approximate surface area is 204 Å². The van der Waals surface area contributed by atoms with Crippen molar-refractivity contribution in [1.82, 2.24) is 4.90 Å². The Balaban J connectivity index is 2.66. The van der Waals surface area contributed by atoms with Crippen molar-refractivity contribution < 1.29 is 13.2 Å². The third kappa shape index (κ3) is 6.80. The Kier molecular flexibility index (Phi) is 10.2. The summed E-state index contributed by atoms with van der Waals surface area (Å²) < 4.78 is 18.7. The van der Waals surface area contributed by atoms with Gasteiger partial charge in [-0.05, 0) is 55.2 Å². The van der Waals surface area contributed by atoms with Gasteiger partial charge in [-0.25, -0.2) is 4.21 Å². The number of nitrogens with zero attached hydrogens (tertiary/aromatic N) is 1. The summed E-state index contributed by atoms with van der Waals surface area (Å²) in [4.78, 5) is 15.2. The van der Waals surface area contributed by atoms with Crippen LogP contribution >= 0.6 is 23.2 Å². The molecule has 0 radical (unpaired) electrons. The van der Waals surface area contributed by atoms with E-state index in [1.807, 2.05) is 83.1 Å². The van der Waals surface area contributed by atoms with Crippen LogP contribution in [0.15, 0.2) is 48.5 Å². The van der Waals surface area contributed by atoms with Crippen LogP contribution in [0.4, 0.5) is 0 Å². The molecule has 0 fully saturated rings. The van der Waals surface area contributed by atoms with Crippen molar-refractivity contribution >= 4 is 40.2 Å². The molecule has 0 aliphatic heterocycles. The molecule has 0 spiro atoms. The van der Waals surface area contributed by atoms with E-state index in [0.717, 1.165) is 11.1 Å². The summed E-state index contributed by atoms with van der Waals surface area (Å²) in [7, 11) is 0. The first-order valence-corrected chi connectivity index (χ1v) is 12.9. The van der Waals surface area contributed by atoms with E-state index in [0.29, 0.717) is 16.5 Å². The summed E-state index contributed by atoms with van der Waals surface area (Å²) in [5.74, 6) is -0.254. The second-order valence-corrected chi connectivity index (χ2v) is 11.1. The largest absolute Gasteiger partial charge is 0.308 e. The quantitative estimate of drug-likeness (QED) is 0.327. The molecule has 3 unspecified atom stereocenters. The Morgan fingerprint density at radius 3 is 2.09 bits per heavy atom. The molecule has 0 aliphatic rings. The van der Waals surface area contributed by atoms with Crippen LogP contribution in [0.3, 0.4) is 0 Å². The fourth-order valence-electron chi connectivity index (χ4n) is 3.65. The minimum absolute atomic E-state index is 0.0710. The molecular weight excluding hydrogens is 465 g/mol. The maximum Gasteiger partial charge on any atom is 0.224 e. The van der Waals surface area contributed by atoms with Gasteiger partial charge in [-0.2, -0.15) is 0 Å². The lowest BCUT2D eigenvalue weighted by Gasteiger charge is -2.42. The van der Waals surface area contributed by atoms with Crippen LogP contribution < -0.4 is 0 Å². The van der Waals surface area contributed by atoms with Gasteiger partial charge in [0.05, 0.1) is 11.3 Å². The molecule has 7 heteroatoms. The van der Waals surface area contributed by atoms with Crippen LogP contribution in [0.25, 0.3) is 0 Å². The molecule has 4 atom stereocenters. The van der Waals surface area contributed by atoms with Gasteiger partial charge in [0.15, 0.2) is 17.3 Å². The normalized spacial score (nSPS) is 15.4. The van der Waals surface area contributed by atoms with E-state index < -0.39 is 17.3 Å². The number of hydrogen-bond donors (Lipinski definition) is 0. The first kappa shape index (κ1) is 26.8. The lowest BCUT2D eigenvalue weighted by Crippen LogP contribution is -2.49. The van der Waals surface area contributed by atoms with Crippen molar-refractivity contribution in [2.75, 3.05) is 0 Å². The average Bonchev–Trinajstić information content (AvgIpc) is 2.75. The van der Waals surface area contributed by atoms with E-state index in [9.17, 15) is 9.00 Å². The summed E-state index contributed by atoms with van der Waals surface area (Å²) in [6, 6.07) is 14.8. The topological polar surface area (TPSA) is 46.6 Å². The number of benzene rings is 2. The summed E-state index contributed by atoms with van der Waals surface area (Å²) >= 11 is 10.9. The zero-order valence-corrected chi connectivity index (χ0v) is 21.9. The van der Waals surface area contributed by atoms with Gasteiger partial charge in [0.25, 0.3) is 0 Å². The number of halogens is 2. The Morgan fingerprint density at radius 1 is 0.969 bits per heavy atom. The SMILES string of the molecule is CCC(=O)N(C(c1ccc(Cl)cc1)C(C)c1cccc(Cl)c1)[C@H](OS(=O)C(C)C)C(C)C. The maximum atomic E-state index is 13.4. The molecule has 2 aromatic carbocycles. The second kappa shape index (κ2) is 12.2. The van der Waals surface area contributed by atoms with Gasteiger partial charge in [0.1, 0.15) is 0 Å². The van der Waals surface area contributed by atoms with Crippen LogP contribution in [0, 0.1) is 5.92 Å². The van der Waals surface area contributed by atoms with Gasteiger partial charge in [-0.1, -0.05) is 75.2 Å². The van der Waals surface area contributed by atoms with Crippen molar-refractivity contribution in [3.05, 3.63) is 69.7 Å². The third-order valence-corrected chi connectivity index (χ3v) is 7.02.